The Kier molecular flexibility index (Phi) is 6.77. The molecule has 1 saturated carbocycles. The van der Waals surface area contributed by atoms with Gasteiger partial charge in [0.2, 0.25) is 10.0 Å². The fourth-order valence-corrected chi connectivity index (χ4v) is 6.89. The fourth-order valence-electron chi connectivity index (χ4n) is 4.98. The van der Waals surface area contributed by atoms with Crippen LogP contribution in [0.25, 0.3) is 10.8 Å². The first-order valence-electron chi connectivity index (χ1n) is 11.9. The molecule has 4 aromatic rings. The van der Waals surface area contributed by atoms with Crippen LogP contribution in [0.3, 0.4) is 0 Å². The predicted octanol–water partition coefficient (Wildman–Crippen LogP) is 6.87. The van der Waals surface area contributed by atoms with E-state index >= 15 is 0 Å². The van der Waals surface area contributed by atoms with Crippen LogP contribution in [0.15, 0.2) is 90.0 Å². The molecule has 1 aliphatic carbocycles. The molecule has 0 atom stereocenters. The van der Waals surface area contributed by atoms with Gasteiger partial charge in [-0.15, -0.1) is 0 Å². The minimum atomic E-state index is -3.67. The second-order valence-electron chi connectivity index (χ2n) is 9.11. The normalized spacial score (nSPS) is 15.2. The average Bonchev–Trinajstić information content (AvgIpc) is 3.29. The van der Waals surface area contributed by atoms with Crippen LogP contribution in [0.1, 0.15) is 43.4 Å². The molecule has 0 spiro atoms. The van der Waals surface area contributed by atoms with Crippen molar-refractivity contribution in [1.29, 1.82) is 0 Å². The summed E-state index contributed by atoms with van der Waals surface area (Å²) in [5.74, 6) is 0. The van der Waals surface area contributed by atoms with Crippen LogP contribution in [-0.4, -0.2) is 23.3 Å². The molecule has 6 heteroatoms. The van der Waals surface area contributed by atoms with Crippen LogP contribution in [0, 0.1) is 0 Å². The molecule has 176 valence electrons. The van der Waals surface area contributed by atoms with Crippen LogP contribution >= 0.6 is 11.6 Å². The molecule has 1 aromatic heterocycles. The Morgan fingerprint density at radius 1 is 0.853 bits per heavy atom. The van der Waals surface area contributed by atoms with E-state index in [0.29, 0.717) is 23.0 Å². The lowest BCUT2D eigenvalue weighted by Crippen LogP contribution is -2.41. The van der Waals surface area contributed by atoms with Crippen molar-refractivity contribution in [2.45, 2.75) is 56.1 Å². The zero-order valence-electron chi connectivity index (χ0n) is 19.1. The fraction of sp³-hybridized carbons (Fsp3) is 0.286. The lowest BCUT2D eigenvalue weighted by molar-refractivity contribution is 0.244. The van der Waals surface area contributed by atoms with Gasteiger partial charge in [-0.25, -0.2) is 8.42 Å². The topological polar surface area (TPSA) is 42.3 Å². The van der Waals surface area contributed by atoms with Gasteiger partial charge in [-0.05, 0) is 65.6 Å². The van der Waals surface area contributed by atoms with E-state index in [1.807, 2.05) is 79.0 Å². The van der Waals surface area contributed by atoms with Gasteiger partial charge < -0.3 is 4.57 Å². The van der Waals surface area contributed by atoms with Crippen LogP contribution in [0.2, 0.25) is 5.02 Å². The van der Waals surface area contributed by atoms with E-state index in [1.54, 1.807) is 10.4 Å². The number of sulfonamides is 1. The molecule has 1 aliphatic rings. The summed E-state index contributed by atoms with van der Waals surface area (Å²) < 4.78 is 31.9. The number of rotatable bonds is 7. The lowest BCUT2D eigenvalue weighted by Gasteiger charge is -2.33. The zero-order valence-corrected chi connectivity index (χ0v) is 20.7. The van der Waals surface area contributed by atoms with Gasteiger partial charge in [-0.3, -0.25) is 0 Å². The second kappa shape index (κ2) is 9.95. The highest BCUT2D eigenvalue weighted by Gasteiger charge is 2.33. The lowest BCUT2D eigenvalue weighted by atomic mass is 9.95. The van der Waals surface area contributed by atoms with E-state index in [0.717, 1.165) is 47.7 Å². The first-order valence-corrected chi connectivity index (χ1v) is 13.7. The summed E-state index contributed by atoms with van der Waals surface area (Å²) >= 11 is 6.18. The highest BCUT2D eigenvalue weighted by molar-refractivity contribution is 7.89. The van der Waals surface area contributed by atoms with E-state index < -0.39 is 10.0 Å². The van der Waals surface area contributed by atoms with E-state index in [4.69, 9.17) is 11.6 Å². The molecule has 4 nitrogen and oxygen atoms in total. The Bertz CT molecular complexity index is 1390. The molecule has 5 rings (SSSR count). The maximum Gasteiger partial charge on any atom is 0.243 e. The number of aromatic nitrogens is 1. The van der Waals surface area contributed by atoms with Gasteiger partial charge in [0.1, 0.15) is 0 Å². The van der Waals surface area contributed by atoms with Gasteiger partial charge in [0.25, 0.3) is 0 Å². The molecule has 1 heterocycles. The van der Waals surface area contributed by atoms with Gasteiger partial charge in [-0.2, -0.15) is 4.31 Å². The molecule has 0 N–H and O–H groups in total. The molecular formula is C28H29ClN2O2S. The highest BCUT2D eigenvalue weighted by atomic mass is 35.5. The van der Waals surface area contributed by atoms with E-state index in [-0.39, 0.29) is 6.04 Å². The average molecular weight is 493 g/mol. The third-order valence-electron chi connectivity index (χ3n) is 6.79. The van der Waals surface area contributed by atoms with Gasteiger partial charge >= 0.3 is 0 Å². The molecule has 0 unspecified atom stereocenters. The number of nitrogens with zero attached hydrogens (tertiary/aromatic N) is 2. The Morgan fingerprint density at radius 2 is 1.65 bits per heavy atom. The summed E-state index contributed by atoms with van der Waals surface area (Å²) in [6.07, 6.45) is 7.13. The maximum absolute atomic E-state index is 14.0. The van der Waals surface area contributed by atoms with Crippen LogP contribution < -0.4 is 0 Å². The van der Waals surface area contributed by atoms with Crippen molar-refractivity contribution < 1.29 is 8.42 Å². The summed E-state index contributed by atoms with van der Waals surface area (Å²) in [6.45, 7) is 1.00. The molecule has 0 saturated heterocycles. The third kappa shape index (κ3) is 4.92. The smallest absolute Gasteiger partial charge is 0.243 e. The number of hydrogen-bond acceptors (Lipinski definition) is 2. The maximum atomic E-state index is 14.0. The summed E-state index contributed by atoms with van der Waals surface area (Å²) in [5.41, 5.74) is 2.07. The second-order valence-corrected chi connectivity index (χ2v) is 11.4. The largest absolute Gasteiger partial charge is 0.346 e. The number of hydrogen-bond donors (Lipinski definition) is 0. The minimum Gasteiger partial charge on any atom is -0.346 e. The highest BCUT2D eigenvalue weighted by Crippen LogP contribution is 2.31. The van der Waals surface area contributed by atoms with Crippen molar-refractivity contribution in [3.05, 3.63) is 101 Å². The Hall–Kier alpha value is -2.60. The first kappa shape index (κ1) is 23.2. The molecule has 1 fully saturated rings. The number of fused-ring (bicyclic) bond motifs is 1. The van der Waals surface area contributed by atoms with E-state index in [1.165, 1.54) is 6.42 Å². The quantitative estimate of drug-likeness (QED) is 0.282. The van der Waals surface area contributed by atoms with E-state index in [2.05, 4.69) is 4.57 Å². The minimum absolute atomic E-state index is 0.0136. The van der Waals surface area contributed by atoms with Crippen LogP contribution in [-0.2, 0) is 23.1 Å². The van der Waals surface area contributed by atoms with Gasteiger partial charge in [0.05, 0.1) is 11.4 Å². The molecule has 0 aliphatic heterocycles. The standard InChI is InChI=1S/C28H29ClN2O2S/c29-25-11-6-8-22(18-25)20-30-17-7-14-27(30)21-31(26-12-2-1-3-13-26)34(32,33)28-16-15-23-9-4-5-10-24(23)19-28/h4-11,14-19,26H,1-3,12-13,20-21H2. The molecule has 34 heavy (non-hydrogen) atoms. The predicted molar refractivity (Wildman–Crippen MR) is 139 cm³/mol. The van der Waals surface area contributed by atoms with E-state index in [9.17, 15) is 8.42 Å². The van der Waals surface area contributed by atoms with Crippen molar-refractivity contribution in [1.82, 2.24) is 8.87 Å². The van der Waals surface area contributed by atoms with Crippen molar-refractivity contribution in [3.8, 4) is 0 Å². The Balaban J connectivity index is 1.49. The summed E-state index contributed by atoms with van der Waals surface area (Å²) in [7, 11) is -3.67. The summed E-state index contributed by atoms with van der Waals surface area (Å²) in [5, 5.41) is 2.69. The van der Waals surface area contributed by atoms with Crippen LogP contribution in [0.5, 0.6) is 0 Å². The SMILES string of the molecule is O=S(=O)(c1ccc2ccccc2c1)N(Cc1cccn1Cc1cccc(Cl)c1)C1CCCCC1. The molecule has 0 radical (unpaired) electrons. The molecule has 3 aromatic carbocycles. The van der Waals surface area contributed by atoms with Crippen LogP contribution in [0.4, 0.5) is 0 Å². The zero-order chi connectivity index (χ0) is 23.5. The van der Waals surface area contributed by atoms with Crippen molar-refractivity contribution in [2.75, 3.05) is 0 Å². The molecular weight excluding hydrogens is 464 g/mol. The summed E-state index contributed by atoms with van der Waals surface area (Å²) in [6, 6.07) is 25.2. The first-order chi connectivity index (χ1) is 16.5. The van der Waals surface area contributed by atoms with Crippen molar-refractivity contribution in [3.63, 3.8) is 0 Å². The number of halogens is 1. The Labute approximate surface area is 206 Å². The van der Waals surface area contributed by atoms with Gasteiger partial charge in [-0.1, -0.05) is 73.3 Å². The van der Waals surface area contributed by atoms with Gasteiger partial charge in [0.15, 0.2) is 0 Å². The van der Waals surface area contributed by atoms with Crippen molar-refractivity contribution in [2.24, 2.45) is 0 Å². The molecule has 0 amide bonds. The monoisotopic (exact) mass is 492 g/mol. The van der Waals surface area contributed by atoms with Gasteiger partial charge in [0, 0.05) is 29.5 Å². The van der Waals surface area contributed by atoms with Crippen molar-refractivity contribution >= 4 is 32.4 Å². The summed E-state index contributed by atoms with van der Waals surface area (Å²) in [4.78, 5) is 0.365. The third-order valence-corrected chi connectivity index (χ3v) is 8.92. The molecule has 0 bridgehead atoms. The number of benzene rings is 3. The Morgan fingerprint density at radius 3 is 2.44 bits per heavy atom.